The molecule has 4 aliphatic rings. The van der Waals surface area contributed by atoms with Crippen molar-refractivity contribution in [2.75, 3.05) is 18.1 Å². The predicted molar refractivity (Wildman–Crippen MR) is 146 cm³/mol. The summed E-state index contributed by atoms with van der Waals surface area (Å²) in [4.78, 5) is 57.1. The van der Waals surface area contributed by atoms with Crippen molar-refractivity contribution >= 4 is 46.6 Å². The van der Waals surface area contributed by atoms with Crippen LogP contribution in [0.2, 0.25) is 0 Å². The van der Waals surface area contributed by atoms with E-state index in [4.69, 9.17) is 9.47 Å². The number of imide groups is 1. The molecule has 2 aliphatic carbocycles. The van der Waals surface area contributed by atoms with Crippen LogP contribution in [0.5, 0.6) is 5.75 Å². The number of para-hydroxylation sites is 1. The average Bonchev–Trinajstić information content (AvgIpc) is 3.67. The molecule has 1 N–H and O–H groups in total. The van der Waals surface area contributed by atoms with Crippen LogP contribution in [0.25, 0.3) is 0 Å². The molecule has 3 fully saturated rings. The number of H-pyrrole nitrogens is 1. The van der Waals surface area contributed by atoms with Crippen LogP contribution in [0.4, 0.5) is 5.69 Å². The minimum Gasteiger partial charge on any atom is -0.482 e. The highest BCUT2D eigenvalue weighted by molar-refractivity contribution is 8.00. The number of aromatic nitrogens is 1. The van der Waals surface area contributed by atoms with Gasteiger partial charge in [-0.25, -0.2) is 4.79 Å². The number of thioether (sulfide) groups is 1. The van der Waals surface area contributed by atoms with Crippen LogP contribution in [0.1, 0.15) is 29.7 Å². The lowest BCUT2D eigenvalue weighted by Crippen LogP contribution is -2.42. The molecule has 39 heavy (non-hydrogen) atoms. The molecule has 3 aromatic rings. The van der Waals surface area contributed by atoms with Gasteiger partial charge in [0.25, 0.3) is 0 Å². The molecule has 7 atom stereocenters. The number of amides is 2. The molecule has 4 unspecified atom stereocenters. The van der Waals surface area contributed by atoms with Gasteiger partial charge in [0.2, 0.25) is 11.8 Å². The highest BCUT2D eigenvalue weighted by Gasteiger charge is 2.69. The lowest BCUT2D eigenvalue weighted by Gasteiger charge is -2.43. The highest BCUT2D eigenvalue weighted by Crippen LogP contribution is 2.68. The lowest BCUT2D eigenvalue weighted by atomic mass is 9.68. The van der Waals surface area contributed by atoms with Crippen LogP contribution < -0.4 is 14.5 Å². The Morgan fingerprint density at radius 2 is 1.79 bits per heavy atom. The van der Waals surface area contributed by atoms with Gasteiger partial charge in [0.05, 0.1) is 29.2 Å². The third-order valence-electron chi connectivity index (χ3n) is 8.62. The Morgan fingerprint density at radius 3 is 2.56 bits per heavy atom. The summed E-state index contributed by atoms with van der Waals surface area (Å²) in [6.45, 7) is 1.85. The first-order valence-corrected chi connectivity index (χ1v) is 14.9. The Labute approximate surface area is 232 Å². The third kappa shape index (κ3) is 3.79. The molecular formula is C29H26N2O6S2. The number of ether oxygens (including phenoxy) is 2. The van der Waals surface area contributed by atoms with Gasteiger partial charge < -0.3 is 14.5 Å². The molecule has 1 aromatic heterocycles. The van der Waals surface area contributed by atoms with Gasteiger partial charge in [-0.1, -0.05) is 41.7 Å². The van der Waals surface area contributed by atoms with Gasteiger partial charge in [-0.15, -0.1) is 11.8 Å². The summed E-state index contributed by atoms with van der Waals surface area (Å²) in [6, 6.07) is 16.8. The summed E-state index contributed by atoms with van der Waals surface area (Å²) >= 11 is 2.88. The molecular weight excluding hydrogens is 536 g/mol. The Balaban J connectivity index is 1.25. The van der Waals surface area contributed by atoms with E-state index in [-0.39, 0.29) is 70.7 Å². The number of nitrogens with zero attached hydrogens (tertiary/aromatic N) is 1. The molecule has 1 saturated heterocycles. The molecule has 0 radical (unpaired) electrons. The summed E-state index contributed by atoms with van der Waals surface area (Å²) < 4.78 is 10.7. The lowest BCUT2D eigenvalue weighted by molar-refractivity contribution is -0.145. The second-order valence-electron chi connectivity index (χ2n) is 10.5. The van der Waals surface area contributed by atoms with Gasteiger partial charge in [-0.3, -0.25) is 19.3 Å². The molecule has 0 spiro atoms. The van der Waals surface area contributed by atoms with Crippen molar-refractivity contribution in [1.82, 2.24) is 4.98 Å². The molecule has 2 aromatic carbocycles. The monoisotopic (exact) mass is 562 g/mol. The third-order valence-corrected chi connectivity index (χ3v) is 11.2. The molecule has 2 bridgehead atoms. The van der Waals surface area contributed by atoms with Gasteiger partial charge >= 0.3 is 10.8 Å². The molecule has 3 heterocycles. The zero-order valence-corrected chi connectivity index (χ0v) is 22.7. The van der Waals surface area contributed by atoms with E-state index < -0.39 is 5.97 Å². The van der Waals surface area contributed by atoms with E-state index in [1.165, 1.54) is 16.2 Å². The second-order valence-corrected chi connectivity index (χ2v) is 12.7. The van der Waals surface area contributed by atoms with Crippen molar-refractivity contribution in [2.45, 2.75) is 29.5 Å². The Morgan fingerprint density at radius 1 is 1.03 bits per heavy atom. The standard InChI is InChI=1S/C29H26N2O6S2/c1-2-36-19(32)13-37-16-10-6-7-14(11-16)20-21-17-12-18(24(21)38-26-25(20)39-29(35)30-26)23-22(17)27(33)31(28(23)34)15-8-4-3-5-9-15/h3-11,17-18,20-24H,2,12-13H2,1H3,(H,30,35)/t17-,18-,20-,21?,22?,23?,24?/m1/s1. The Bertz CT molecular complexity index is 1530. The SMILES string of the molecule is CCOC(=O)COc1cccc([C@H]2c3sc(=O)[nH]c3SC3C2[C@H]2C[C@@H]3C3C(=O)N(c4ccccc4)C(=O)C32)c1. The van der Waals surface area contributed by atoms with Crippen LogP contribution in [0, 0.1) is 29.6 Å². The number of fused-ring (bicyclic) bond motifs is 9. The molecule has 7 rings (SSSR count). The number of nitrogens with one attached hydrogen (secondary N) is 1. The Hall–Kier alpha value is -3.37. The van der Waals surface area contributed by atoms with Gasteiger partial charge in [0.1, 0.15) is 5.75 Å². The van der Waals surface area contributed by atoms with Crippen molar-refractivity contribution in [3.05, 3.63) is 74.7 Å². The van der Waals surface area contributed by atoms with Crippen LogP contribution in [0.15, 0.2) is 64.4 Å². The van der Waals surface area contributed by atoms with Gasteiger partial charge in [0, 0.05) is 16.0 Å². The predicted octanol–water partition coefficient (Wildman–Crippen LogP) is 4.06. The van der Waals surface area contributed by atoms with Crippen molar-refractivity contribution < 1.29 is 23.9 Å². The second kappa shape index (κ2) is 9.38. The number of hydrogen-bond acceptors (Lipinski definition) is 8. The number of aromatic amines is 1. The normalized spacial score (nSPS) is 30.2. The van der Waals surface area contributed by atoms with Crippen LogP contribution in [-0.4, -0.2) is 41.2 Å². The number of thiazole rings is 1. The summed E-state index contributed by atoms with van der Waals surface area (Å²) in [5.41, 5.74) is 1.60. The van der Waals surface area contributed by atoms with Crippen molar-refractivity contribution in [1.29, 1.82) is 0 Å². The number of hydrogen-bond donors (Lipinski definition) is 1. The summed E-state index contributed by atoms with van der Waals surface area (Å²) in [7, 11) is 0. The number of carbonyl (C=O) groups excluding carboxylic acids is 3. The fourth-order valence-corrected chi connectivity index (χ4v) is 10.3. The maximum Gasteiger partial charge on any atom is 0.344 e. The minimum atomic E-state index is -0.435. The summed E-state index contributed by atoms with van der Waals surface area (Å²) in [6.07, 6.45) is 0.826. The van der Waals surface area contributed by atoms with Crippen LogP contribution in [0.3, 0.4) is 0 Å². The molecule has 200 valence electrons. The molecule has 2 amide bonds. The zero-order chi connectivity index (χ0) is 26.8. The fraction of sp³-hybridized carbons (Fsp3) is 0.379. The topological polar surface area (TPSA) is 106 Å². The summed E-state index contributed by atoms with van der Waals surface area (Å²) in [5.74, 6) is -0.721. The smallest absolute Gasteiger partial charge is 0.344 e. The van der Waals surface area contributed by atoms with Gasteiger partial charge in [-0.2, -0.15) is 0 Å². The molecule has 2 aliphatic heterocycles. The van der Waals surface area contributed by atoms with E-state index in [0.29, 0.717) is 11.4 Å². The fourth-order valence-electron chi connectivity index (χ4n) is 7.36. The highest BCUT2D eigenvalue weighted by atomic mass is 32.2. The molecule has 10 heteroatoms. The molecule has 2 saturated carbocycles. The molecule has 8 nitrogen and oxygen atoms in total. The average molecular weight is 563 g/mol. The number of benzene rings is 2. The maximum atomic E-state index is 13.8. The number of anilines is 1. The number of esters is 1. The van der Waals surface area contributed by atoms with Gasteiger partial charge in [0.15, 0.2) is 6.61 Å². The largest absolute Gasteiger partial charge is 0.482 e. The summed E-state index contributed by atoms with van der Waals surface area (Å²) in [5, 5.41) is 0.963. The van der Waals surface area contributed by atoms with Crippen molar-refractivity contribution in [2.24, 2.45) is 29.6 Å². The number of carbonyl (C=O) groups is 3. The number of rotatable bonds is 6. The minimum absolute atomic E-state index is 0.0297. The van der Waals surface area contributed by atoms with Crippen LogP contribution in [-0.2, 0) is 19.1 Å². The van der Waals surface area contributed by atoms with Crippen LogP contribution >= 0.6 is 23.1 Å². The first kappa shape index (κ1) is 24.7. The van der Waals surface area contributed by atoms with E-state index >= 15 is 0 Å². The van der Waals surface area contributed by atoms with E-state index in [2.05, 4.69) is 4.98 Å². The van der Waals surface area contributed by atoms with E-state index in [9.17, 15) is 19.2 Å². The van der Waals surface area contributed by atoms with Crippen molar-refractivity contribution in [3.63, 3.8) is 0 Å². The first-order valence-electron chi connectivity index (χ1n) is 13.2. The van der Waals surface area contributed by atoms with E-state index in [1.807, 2.05) is 48.5 Å². The zero-order valence-electron chi connectivity index (χ0n) is 21.1. The quantitative estimate of drug-likeness (QED) is 0.357. The van der Waals surface area contributed by atoms with Gasteiger partial charge in [-0.05, 0) is 60.9 Å². The van der Waals surface area contributed by atoms with E-state index in [1.54, 1.807) is 24.8 Å². The Kier molecular flexibility index (Phi) is 5.93. The first-order chi connectivity index (χ1) is 19.0. The van der Waals surface area contributed by atoms with Crippen molar-refractivity contribution in [3.8, 4) is 5.75 Å². The maximum absolute atomic E-state index is 13.8. The van der Waals surface area contributed by atoms with E-state index in [0.717, 1.165) is 21.9 Å².